The molecule has 19 heavy (non-hydrogen) atoms. The SMILES string of the molecule is CCC(CO)(CCCOCCC(C)(C)C)NC(C)C. The van der Waals surface area contributed by atoms with E-state index in [4.69, 9.17) is 4.74 Å². The van der Waals surface area contributed by atoms with Crippen LogP contribution in [0.1, 0.15) is 67.2 Å². The molecule has 0 aliphatic rings. The van der Waals surface area contributed by atoms with Crippen molar-refractivity contribution < 1.29 is 9.84 Å². The van der Waals surface area contributed by atoms with E-state index >= 15 is 0 Å². The number of aliphatic hydroxyl groups is 1. The summed E-state index contributed by atoms with van der Waals surface area (Å²) < 4.78 is 5.69. The highest BCUT2D eigenvalue weighted by Gasteiger charge is 2.27. The van der Waals surface area contributed by atoms with Crippen LogP contribution in [0.2, 0.25) is 0 Å². The molecule has 0 fully saturated rings. The molecule has 3 heteroatoms. The maximum atomic E-state index is 9.63. The van der Waals surface area contributed by atoms with E-state index in [0.717, 1.165) is 38.9 Å². The lowest BCUT2D eigenvalue weighted by atomic mass is 9.90. The van der Waals surface area contributed by atoms with Crippen LogP contribution in [0.15, 0.2) is 0 Å². The van der Waals surface area contributed by atoms with E-state index < -0.39 is 0 Å². The van der Waals surface area contributed by atoms with Crippen molar-refractivity contribution in [2.45, 2.75) is 78.8 Å². The number of hydrogen-bond acceptors (Lipinski definition) is 3. The van der Waals surface area contributed by atoms with Gasteiger partial charge in [-0.25, -0.2) is 0 Å². The summed E-state index contributed by atoms with van der Waals surface area (Å²) in [6.45, 7) is 14.9. The molecule has 0 amide bonds. The molecule has 116 valence electrons. The third-order valence-corrected chi connectivity index (χ3v) is 3.51. The smallest absolute Gasteiger partial charge is 0.0613 e. The van der Waals surface area contributed by atoms with E-state index in [1.807, 2.05) is 0 Å². The van der Waals surface area contributed by atoms with Gasteiger partial charge in [-0.1, -0.05) is 41.5 Å². The highest BCUT2D eigenvalue weighted by molar-refractivity contribution is 4.87. The van der Waals surface area contributed by atoms with Gasteiger partial charge < -0.3 is 15.2 Å². The van der Waals surface area contributed by atoms with Crippen molar-refractivity contribution in [3.8, 4) is 0 Å². The van der Waals surface area contributed by atoms with Gasteiger partial charge in [-0.3, -0.25) is 0 Å². The van der Waals surface area contributed by atoms with Gasteiger partial charge in [0.2, 0.25) is 0 Å². The zero-order chi connectivity index (χ0) is 14.9. The Morgan fingerprint density at radius 1 is 1.11 bits per heavy atom. The molecular formula is C16H35NO2. The molecule has 3 nitrogen and oxygen atoms in total. The third-order valence-electron chi connectivity index (χ3n) is 3.51. The Balaban J connectivity index is 3.88. The Bertz CT molecular complexity index is 217. The van der Waals surface area contributed by atoms with Gasteiger partial charge in [-0.2, -0.15) is 0 Å². The second-order valence-electron chi connectivity index (χ2n) is 7.12. The van der Waals surface area contributed by atoms with E-state index in [2.05, 4.69) is 46.9 Å². The van der Waals surface area contributed by atoms with Crippen molar-refractivity contribution in [1.82, 2.24) is 5.32 Å². The molecule has 0 radical (unpaired) electrons. The van der Waals surface area contributed by atoms with Crippen molar-refractivity contribution in [2.24, 2.45) is 5.41 Å². The molecule has 0 rings (SSSR count). The maximum absolute atomic E-state index is 9.63. The quantitative estimate of drug-likeness (QED) is 0.600. The van der Waals surface area contributed by atoms with Gasteiger partial charge in [0.15, 0.2) is 0 Å². The van der Waals surface area contributed by atoms with Crippen molar-refractivity contribution >= 4 is 0 Å². The summed E-state index contributed by atoms with van der Waals surface area (Å²) >= 11 is 0. The Hall–Kier alpha value is -0.120. The molecule has 1 unspecified atom stereocenters. The van der Waals surface area contributed by atoms with Crippen molar-refractivity contribution in [3.63, 3.8) is 0 Å². The molecule has 1 atom stereocenters. The van der Waals surface area contributed by atoms with E-state index in [-0.39, 0.29) is 12.1 Å². The second kappa shape index (κ2) is 8.93. The highest BCUT2D eigenvalue weighted by atomic mass is 16.5. The van der Waals surface area contributed by atoms with E-state index in [1.165, 1.54) is 0 Å². The van der Waals surface area contributed by atoms with Crippen molar-refractivity contribution in [2.75, 3.05) is 19.8 Å². The van der Waals surface area contributed by atoms with Crippen molar-refractivity contribution in [3.05, 3.63) is 0 Å². The summed E-state index contributed by atoms with van der Waals surface area (Å²) in [5.41, 5.74) is 0.207. The van der Waals surface area contributed by atoms with Gasteiger partial charge in [-0.05, 0) is 31.1 Å². The molecule has 0 aromatic carbocycles. The van der Waals surface area contributed by atoms with Crippen LogP contribution in [-0.4, -0.2) is 36.5 Å². The molecule has 0 aliphatic carbocycles. The number of hydrogen-bond donors (Lipinski definition) is 2. The van der Waals surface area contributed by atoms with E-state index in [1.54, 1.807) is 0 Å². The number of rotatable bonds is 10. The monoisotopic (exact) mass is 273 g/mol. The van der Waals surface area contributed by atoms with Crippen LogP contribution in [-0.2, 0) is 4.74 Å². The van der Waals surface area contributed by atoms with Crippen LogP contribution in [0.4, 0.5) is 0 Å². The van der Waals surface area contributed by atoms with Crippen LogP contribution in [0.5, 0.6) is 0 Å². The predicted octanol–water partition coefficient (Wildman–Crippen LogP) is 3.36. The summed E-state index contributed by atoms with van der Waals surface area (Å²) in [5.74, 6) is 0. The average molecular weight is 273 g/mol. The van der Waals surface area contributed by atoms with Crippen LogP contribution < -0.4 is 5.32 Å². The number of aliphatic hydroxyl groups excluding tert-OH is 1. The molecule has 0 aliphatic heterocycles. The summed E-state index contributed by atoms with van der Waals surface area (Å²) in [7, 11) is 0. The van der Waals surface area contributed by atoms with Crippen LogP contribution in [0.25, 0.3) is 0 Å². The highest BCUT2D eigenvalue weighted by Crippen LogP contribution is 2.20. The Morgan fingerprint density at radius 2 is 1.74 bits per heavy atom. The van der Waals surface area contributed by atoms with Gasteiger partial charge in [0.25, 0.3) is 0 Å². The normalized spacial score (nSPS) is 15.8. The minimum atomic E-state index is -0.137. The fourth-order valence-electron chi connectivity index (χ4n) is 2.19. The summed E-state index contributed by atoms with van der Waals surface area (Å²) in [4.78, 5) is 0. The standard InChI is InChI=1S/C16H35NO2/c1-7-16(13-18,17-14(2)3)9-8-11-19-12-10-15(4,5)6/h14,17-18H,7-13H2,1-6H3. The Morgan fingerprint density at radius 3 is 2.16 bits per heavy atom. The topological polar surface area (TPSA) is 41.5 Å². The zero-order valence-corrected chi connectivity index (χ0v) is 13.9. The minimum absolute atomic E-state index is 0.137. The molecule has 0 aromatic heterocycles. The van der Waals surface area contributed by atoms with E-state index in [0.29, 0.717) is 11.5 Å². The number of nitrogens with one attached hydrogen (secondary N) is 1. The van der Waals surface area contributed by atoms with Crippen LogP contribution in [0.3, 0.4) is 0 Å². The lowest BCUT2D eigenvalue weighted by molar-refractivity contribution is 0.0857. The first-order valence-corrected chi connectivity index (χ1v) is 7.71. The largest absolute Gasteiger partial charge is 0.394 e. The first-order chi connectivity index (χ1) is 8.74. The summed E-state index contributed by atoms with van der Waals surface area (Å²) in [6, 6.07) is 0.397. The van der Waals surface area contributed by atoms with Crippen LogP contribution >= 0.6 is 0 Å². The van der Waals surface area contributed by atoms with Crippen LogP contribution in [0, 0.1) is 5.41 Å². The summed E-state index contributed by atoms with van der Waals surface area (Å²) in [6.07, 6.45) is 4.01. The molecular weight excluding hydrogens is 238 g/mol. The predicted molar refractivity (Wildman–Crippen MR) is 82.5 cm³/mol. The Labute approximate surface area is 120 Å². The fraction of sp³-hybridized carbons (Fsp3) is 1.00. The number of ether oxygens (including phenoxy) is 1. The molecule has 0 aromatic rings. The minimum Gasteiger partial charge on any atom is -0.394 e. The molecule has 0 bridgehead atoms. The van der Waals surface area contributed by atoms with Gasteiger partial charge in [0.1, 0.15) is 0 Å². The second-order valence-corrected chi connectivity index (χ2v) is 7.12. The van der Waals surface area contributed by atoms with Gasteiger partial charge >= 0.3 is 0 Å². The zero-order valence-electron chi connectivity index (χ0n) is 13.9. The van der Waals surface area contributed by atoms with Gasteiger partial charge in [0.05, 0.1) is 6.61 Å². The Kier molecular flexibility index (Phi) is 8.88. The summed E-state index contributed by atoms with van der Waals surface area (Å²) in [5, 5.41) is 13.1. The molecule has 0 saturated carbocycles. The van der Waals surface area contributed by atoms with Gasteiger partial charge in [-0.15, -0.1) is 0 Å². The lowest BCUT2D eigenvalue weighted by Gasteiger charge is -2.34. The maximum Gasteiger partial charge on any atom is 0.0613 e. The molecule has 0 spiro atoms. The third kappa shape index (κ3) is 9.42. The van der Waals surface area contributed by atoms with E-state index in [9.17, 15) is 5.11 Å². The van der Waals surface area contributed by atoms with Crippen molar-refractivity contribution in [1.29, 1.82) is 0 Å². The first kappa shape index (κ1) is 18.9. The lowest BCUT2D eigenvalue weighted by Crippen LogP contribution is -2.51. The molecule has 2 N–H and O–H groups in total. The first-order valence-electron chi connectivity index (χ1n) is 7.71. The average Bonchev–Trinajstić information content (AvgIpc) is 2.30. The van der Waals surface area contributed by atoms with Gasteiger partial charge in [0, 0.05) is 24.8 Å². The molecule has 0 saturated heterocycles. The molecule has 0 heterocycles. The fourth-order valence-corrected chi connectivity index (χ4v) is 2.19.